The minimum atomic E-state index is -0.644. The number of Topliss-reactive ketones (excluding diaryl/α,β-unsaturated/α-hetero) is 1. The minimum absolute atomic E-state index is 0.134. The normalized spacial score (nSPS) is 18.5. The zero-order chi connectivity index (χ0) is 20.3. The molecule has 1 saturated heterocycles. The molecule has 0 radical (unpaired) electrons. The van der Waals surface area contributed by atoms with Crippen molar-refractivity contribution in [3.8, 4) is 5.75 Å². The van der Waals surface area contributed by atoms with Crippen molar-refractivity contribution in [1.82, 2.24) is 4.90 Å². The number of aliphatic hydroxyl groups is 1. The summed E-state index contributed by atoms with van der Waals surface area (Å²) in [5, 5.41) is 10.9. The number of rotatable bonds is 6. The van der Waals surface area contributed by atoms with E-state index in [-0.39, 0.29) is 11.3 Å². The molecule has 2 aromatic carbocycles. The number of carbonyl (C=O) groups excluding carboxylic acids is 2. The van der Waals surface area contributed by atoms with Gasteiger partial charge in [-0.05, 0) is 43.2 Å². The Kier molecular flexibility index (Phi) is 5.83. The van der Waals surface area contributed by atoms with E-state index in [1.54, 1.807) is 36.3 Å². The van der Waals surface area contributed by atoms with Crippen LogP contribution < -0.4 is 4.74 Å². The van der Waals surface area contributed by atoms with Crippen LogP contribution in [0.5, 0.6) is 5.75 Å². The van der Waals surface area contributed by atoms with Gasteiger partial charge in [-0.25, -0.2) is 0 Å². The Labute approximate surface area is 165 Å². The Morgan fingerprint density at radius 1 is 1.07 bits per heavy atom. The molecule has 0 spiro atoms. The average Bonchev–Trinajstić information content (AvgIpc) is 2.97. The minimum Gasteiger partial charge on any atom is -0.507 e. The van der Waals surface area contributed by atoms with Gasteiger partial charge in [0, 0.05) is 12.1 Å². The fourth-order valence-corrected chi connectivity index (χ4v) is 3.44. The lowest BCUT2D eigenvalue weighted by Crippen LogP contribution is -2.30. The number of carbonyl (C=O) groups is 2. The molecule has 1 aliphatic rings. The number of hydrogen-bond donors (Lipinski definition) is 1. The number of likely N-dealkylation sites (tertiary alicyclic amines) is 1. The van der Waals surface area contributed by atoms with Crippen LogP contribution >= 0.6 is 0 Å². The first-order valence-corrected chi connectivity index (χ1v) is 9.47. The van der Waals surface area contributed by atoms with Crippen molar-refractivity contribution in [3.63, 3.8) is 0 Å². The number of amides is 1. The SMILES string of the molecule is CCCCN1C(=O)C(=O)/C(=C(\O)c2ccc(OC)cc2)C1c1ccc(C)cc1. The first-order valence-electron chi connectivity index (χ1n) is 9.47. The van der Waals surface area contributed by atoms with Gasteiger partial charge in [0.15, 0.2) is 0 Å². The highest BCUT2D eigenvalue weighted by Gasteiger charge is 2.45. The second-order valence-electron chi connectivity index (χ2n) is 6.99. The third-order valence-electron chi connectivity index (χ3n) is 5.05. The highest BCUT2D eigenvalue weighted by molar-refractivity contribution is 6.46. The standard InChI is InChI=1S/C23H25NO4/c1-4-5-14-24-20(16-8-6-15(2)7-9-16)19(22(26)23(24)27)21(25)17-10-12-18(28-3)13-11-17/h6-13,20,25H,4-5,14H2,1-3H3/b21-19-. The summed E-state index contributed by atoms with van der Waals surface area (Å²) < 4.78 is 5.15. The van der Waals surface area contributed by atoms with Gasteiger partial charge in [0.05, 0.1) is 18.7 Å². The highest BCUT2D eigenvalue weighted by atomic mass is 16.5. The van der Waals surface area contributed by atoms with Crippen molar-refractivity contribution in [2.24, 2.45) is 0 Å². The number of methoxy groups -OCH3 is 1. The molecule has 0 aromatic heterocycles. The summed E-state index contributed by atoms with van der Waals surface area (Å²) in [5.74, 6) is -0.718. The molecule has 1 atom stereocenters. The summed E-state index contributed by atoms with van der Waals surface area (Å²) in [5.41, 5.74) is 2.52. The summed E-state index contributed by atoms with van der Waals surface area (Å²) in [6, 6.07) is 13.9. The topological polar surface area (TPSA) is 66.8 Å². The monoisotopic (exact) mass is 379 g/mol. The summed E-state index contributed by atoms with van der Waals surface area (Å²) in [7, 11) is 1.56. The van der Waals surface area contributed by atoms with Gasteiger partial charge < -0.3 is 14.7 Å². The largest absolute Gasteiger partial charge is 0.507 e. The lowest BCUT2D eigenvalue weighted by molar-refractivity contribution is -0.139. The Balaban J connectivity index is 2.12. The lowest BCUT2D eigenvalue weighted by atomic mass is 9.94. The molecule has 2 aromatic rings. The van der Waals surface area contributed by atoms with Crippen LogP contribution in [0.2, 0.25) is 0 Å². The lowest BCUT2D eigenvalue weighted by Gasteiger charge is -2.25. The first kappa shape index (κ1) is 19.7. The van der Waals surface area contributed by atoms with Gasteiger partial charge in [-0.3, -0.25) is 9.59 Å². The number of unbranched alkanes of at least 4 members (excludes halogenated alkanes) is 1. The van der Waals surface area contributed by atoms with Crippen molar-refractivity contribution in [2.45, 2.75) is 32.7 Å². The fourth-order valence-electron chi connectivity index (χ4n) is 3.44. The molecule has 146 valence electrons. The van der Waals surface area contributed by atoms with Gasteiger partial charge >= 0.3 is 0 Å². The molecule has 3 rings (SSSR count). The van der Waals surface area contributed by atoms with Crippen molar-refractivity contribution in [2.75, 3.05) is 13.7 Å². The predicted octanol–water partition coefficient (Wildman–Crippen LogP) is 4.23. The average molecular weight is 379 g/mol. The maximum Gasteiger partial charge on any atom is 0.295 e. The highest BCUT2D eigenvalue weighted by Crippen LogP contribution is 2.39. The molecule has 1 amide bonds. The van der Waals surface area contributed by atoms with Crippen LogP contribution in [-0.2, 0) is 9.59 Å². The van der Waals surface area contributed by atoms with Crippen molar-refractivity contribution < 1.29 is 19.4 Å². The Morgan fingerprint density at radius 3 is 2.29 bits per heavy atom. The summed E-state index contributed by atoms with van der Waals surface area (Å²) in [6.45, 7) is 4.49. The smallest absolute Gasteiger partial charge is 0.295 e. The van der Waals surface area contributed by atoms with Crippen LogP contribution in [-0.4, -0.2) is 35.4 Å². The van der Waals surface area contributed by atoms with Crippen LogP contribution in [0.1, 0.15) is 42.5 Å². The number of ketones is 1. The maximum atomic E-state index is 12.8. The van der Waals surface area contributed by atoms with E-state index in [0.29, 0.717) is 17.9 Å². The molecule has 1 fully saturated rings. The predicted molar refractivity (Wildman–Crippen MR) is 108 cm³/mol. The van der Waals surface area contributed by atoms with E-state index >= 15 is 0 Å². The maximum absolute atomic E-state index is 12.8. The molecule has 5 nitrogen and oxygen atoms in total. The summed E-state index contributed by atoms with van der Waals surface area (Å²) >= 11 is 0. The number of nitrogens with zero attached hydrogens (tertiary/aromatic N) is 1. The van der Waals surface area contributed by atoms with Crippen molar-refractivity contribution >= 4 is 17.4 Å². The molecule has 0 aliphatic carbocycles. The number of aliphatic hydroxyl groups excluding tert-OH is 1. The van der Waals surface area contributed by atoms with Gasteiger partial charge in [-0.2, -0.15) is 0 Å². The number of hydrogen-bond acceptors (Lipinski definition) is 4. The van der Waals surface area contributed by atoms with Gasteiger partial charge in [0.1, 0.15) is 11.5 Å². The molecule has 0 bridgehead atoms. The van der Waals surface area contributed by atoms with Crippen LogP contribution in [0.4, 0.5) is 0 Å². The number of aryl methyl sites for hydroxylation is 1. The van der Waals surface area contributed by atoms with E-state index in [1.165, 1.54) is 0 Å². The fraction of sp³-hybridized carbons (Fsp3) is 0.304. The van der Waals surface area contributed by atoms with Crippen LogP contribution in [0.25, 0.3) is 5.76 Å². The number of benzene rings is 2. The molecular weight excluding hydrogens is 354 g/mol. The van der Waals surface area contributed by atoms with Gasteiger partial charge in [0.2, 0.25) is 0 Å². The Bertz CT molecular complexity index is 897. The Morgan fingerprint density at radius 2 is 1.71 bits per heavy atom. The first-order chi connectivity index (χ1) is 13.5. The molecular formula is C23H25NO4. The Hall–Kier alpha value is -3.08. The van der Waals surface area contributed by atoms with E-state index in [4.69, 9.17) is 4.74 Å². The summed E-state index contributed by atoms with van der Waals surface area (Å²) in [6.07, 6.45) is 1.69. The third-order valence-corrected chi connectivity index (χ3v) is 5.05. The molecule has 1 heterocycles. The van der Waals surface area contributed by atoms with E-state index in [9.17, 15) is 14.7 Å². The summed E-state index contributed by atoms with van der Waals surface area (Å²) in [4.78, 5) is 27.1. The second-order valence-corrected chi connectivity index (χ2v) is 6.99. The third kappa shape index (κ3) is 3.65. The zero-order valence-corrected chi connectivity index (χ0v) is 16.4. The molecule has 28 heavy (non-hydrogen) atoms. The molecule has 5 heteroatoms. The van der Waals surface area contributed by atoms with Crippen LogP contribution in [0.3, 0.4) is 0 Å². The van der Waals surface area contributed by atoms with Crippen LogP contribution in [0, 0.1) is 6.92 Å². The van der Waals surface area contributed by atoms with Crippen LogP contribution in [0.15, 0.2) is 54.1 Å². The second kappa shape index (κ2) is 8.30. The molecule has 1 unspecified atom stereocenters. The quantitative estimate of drug-likeness (QED) is 0.463. The van der Waals surface area contributed by atoms with E-state index in [0.717, 1.165) is 24.0 Å². The van der Waals surface area contributed by atoms with Gasteiger partial charge in [0.25, 0.3) is 11.7 Å². The van der Waals surface area contributed by atoms with Gasteiger partial charge in [-0.15, -0.1) is 0 Å². The number of ether oxygens (including phenoxy) is 1. The molecule has 1 N–H and O–H groups in total. The molecule has 1 aliphatic heterocycles. The molecule has 0 saturated carbocycles. The zero-order valence-electron chi connectivity index (χ0n) is 16.4. The van der Waals surface area contributed by atoms with Gasteiger partial charge in [-0.1, -0.05) is 43.2 Å². The van der Waals surface area contributed by atoms with E-state index in [2.05, 4.69) is 0 Å². The van der Waals surface area contributed by atoms with Crippen molar-refractivity contribution in [1.29, 1.82) is 0 Å². The van der Waals surface area contributed by atoms with E-state index in [1.807, 2.05) is 38.1 Å². The van der Waals surface area contributed by atoms with E-state index < -0.39 is 17.7 Å². The van der Waals surface area contributed by atoms with Crippen molar-refractivity contribution in [3.05, 3.63) is 70.8 Å².